The van der Waals surface area contributed by atoms with Crippen LogP contribution in [0.1, 0.15) is 11.1 Å². The lowest BCUT2D eigenvalue weighted by Gasteiger charge is -2.10. The minimum absolute atomic E-state index is 0.0444. The van der Waals surface area contributed by atoms with Gasteiger partial charge in [-0.3, -0.25) is 10.1 Å². The molecule has 0 unspecified atom stereocenters. The molecule has 0 heterocycles. The third-order valence-corrected chi connectivity index (χ3v) is 3.41. The van der Waals surface area contributed by atoms with Crippen LogP contribution in [-0.2, 0) is 6.61 Å². The van der Waals surface area contributed by atoms with Crippen molar-refractivity contribution in [3.63, 3.8) is 0 Å². The van der Waals surface area contributed by atoms with Gasteiger partial charge in [0, 0.05) is 16.1 Å². The van der Waals surface area contributed by atoms with Crippen molar-refractivity contribution < 1.29 is 18.4 Å². The molecule has 110 valence electrons. The Morgan fingerprint density at radius 2 is 2.05 bits per heavy atom. The monoisotopic (exact) mass is 357 g/mol. The first-order valence-electron chi connectivity index (χ1n) is 5.90. The van der Waals surface area contributed by atoms with Gasteiger partial charge >= 0.3 is 0 Å². The Hall–Kier alpha value is -2.02. The highest BCUT2D eigenvalue weighted by molar-refractivity contribution is 9.10. The molecule has 0 bridgehead atoms. The molecule has 2 rings (SSSR count). The fourth-order valence-corrected chi connectivity index (χ4v) is 2.23. The lowest BCUT2D eigenvalue weighted by atomic mass is 10.1. The Bertz CT molecular complexity index is 707. The van der Waals surface area contributed by atoms with Gasteiger partial charge in [-0.2, -0.15) is 4.39 Å². The molecule has 21 heavy (non-hydrogen) atoms. The van der Waals surface area contributed by atoms with Crippen molar-refractivity contribution in [2.75, 3.05) is 0 Å². The maximum atomic E-state index is 13.6. The molecule has 0 fully saturated rings. The summed E-state index contributed by atoms with van der Waals surface area (Å²) < 4.78 is 32.4. The number of halogens is 3. The molecular formula is C14H10BrF2NO3. The van der Waals surface area contributed by atoms with E-state index in [1.807, 2.05) is 0 Å². The van der Waals surface area contributed by atoms with Gasteiger partial charge < -0.3 is 4.74 Å². The maximum absolute atomic E-state index is 13.6. The molecule has 0 aromatic heterocycles. The summed E-state index contributed by atoms with van der Waals surface area (Å²) in [6, 6.07) is 6.81. The van der Waals surface area contributed by atoms with E-state index in [0.29, 0.717) is 15.6 Å². The highest BCUT2D eigenvalue weighted by atomic mass is 79.9. The number of hydrogen-bond donors (Lipinski definition) is 0. The number of benzene rings is 2. The second kappa shape index (κ2) is 6.17. The first kappa shape index (κ1) is 15.4. The van der Waals surface area contributed by atoms with Crippen LogP contribution in [0.5, 0.6) is 5.75 Å². The van der Waals surface area contributed by atoms with E-state index >= 15 is 0 Å². The number of nitro benzene ring substituents is 1. The quantitative estimate of drug-likeness (QED) is 0.459. The van der Waals surface area contributed by atoms with Crippen molar-refractivity contribution in [2.24, 2.45) is 0 Å². The van der Waals surface area contributed by atoms with E-state index in [1.54, 1.807) is 13.0 Å². The van der Waals surface area contributed by atoms with E-state index < -0.39 is 16.6 Å². The summed E-state index contributed by atoms with van der Waals surface area (Å²) in [6.45, 7) is 1.48. The molecule has 2 aromatic rings. The van der Waals surface area contributed by atoms with Crippen molar-refractivity contribution in [2.45, 2.75) is 13.5 Å². The predicted octanol–water partition coefficient (Wildman–Crippen LogP) is 4.52. The molecule has 0 aliphatic carbocycles. The van der Waals surface area contributed by atoms with E-state index in [0.717, 1.165) is 6.07 Å². The molecule has 0 aliphatic heterocycles. The Kier molecular flexibility index (Phi) is 4.52. The second-order valence-electron chi connectivity index (χ2n) is 4.31. The van der Waals surface area contributed by atoms with Gasteiger partial charge in [0.1, 0.15) is 6.61 Å². The number of nitro groups is 1. The fourth-order valence-electron chi connectivity index (χ4n) is 1.82. The molecule has 0 N–H and O–H groups in total. The van der Waals surface area contributed by atoms with Crippen LogP contribution in [0.15, 0.2) is 34.8 Å². The summed E-state index contributed by atoms with van der Waals surface area (Å²) in [5.41, 5.74) is 0.916. The van der Waals surface area contributed by atoms with Crippen LogP contribution >= 0.6 is 15.9 Å². The largest absolute Gasteiger partial charge is 0.486 e. The van der Waals surface area contributed by atoms with Gasteiger partial charge in [0.2, 0.25) is 5.82 Å². The van der Waals surface area contributed by atoms with Gasteiger partial charge in [0.15, 0.2) is 11.6 Å². The third-order valence-electron chi connectivity index (χ3n) is 2.96. The Labute approximate surface area is 127 Å². The third kappa shape index (κ3) is 3.36. The number of rotatable bonds is 4. The maximum Gasteiger partial charge on any atom is 0.272 e. The van der Waals surface area contributed by atoms with Crippen LogP contribution in [0, 0.1) is 28.7 Å². The summed E-state index contributed by atoms with van der Waals surface area (Å²) >= 11 is 3.04. The molecule has 4 nitrogen and oxygen atoms in total. The van der Waals surface area contributed by atoms with Crippen molar-refractivity contribution in [3.8, 4) is 5.75 Å². The lowest BCUT2D eigenvalue weighted by Crippen LogP contribution is -2.02. The van der Waals surface area contributed by atoms with Crippen LogP contribution in [0.4, 0.5) is 14.5 Å². The zero-order valence-corrected chi connectivity index (χ0v) is 12.5. The predicted molar refractivity (Wildman–Crippen MR) is 76.2 cm³/mol. The molecule has 2 aromatic carbocycles. The van der Waals surface area contributed by atoms with Gasteiger partial charge in [-0.1, -0.05) is 28.1 Å². The van der Waals surface area contributed by atoms with Crippen molar-refractivity contribution in [1.29, 1.82) is 0 Å². The topological polar surface area (TPSA) is 52.4 Å². The highest BCUT2D eigenvalue weighted by Gasteiger charge is 2.15. The summed E-state index contributed by atoms with van der Waals surface area (Å²) in [6.07, 6.45) is 0. The van der Waals surface area contributed by atoms with Gasteiger partial charge in [0.05, 0.1) is 4.92 Å². The van der Waals surface area contributed by atoms with E-state index in [4.69, 9.17) is 4.74 Å². The minimum atomic E-state index is -1.10. The van der Waals surface area contributed by atoms with Gasteiger partial charge in [-0.05, 0) is 24.6 Å². The average molecular weight is 358 g/mol. The highest BCUT2D eigenvalue weighted by Crippen LogP contribution is 2.27. The van der Waals surface area contributed by atoms with Crippen LogP contribution in [0.2, 0.25) is 0 Å². The Morgan fingerprint density at radius 1 is 1.33 bits per heavy atom. The Balaban J connectivity index is 2.25. The molecule has 0 spiro atoms. The zero-order valence-electron chi connectivity index (χ0n) is 10.9. The van der Waals surface area contributed by atoms with Crippen LogP contribution in [-0.4, -0.2) is 4.92 Å². The lowest BCUT2D eigenvalue weighted by molar-refractivity contribution is -0.385. The molecule has 7 heteroatoms. The molecule has 0 radical (unpaired) electrons. The van der Waals surface area contributed by atoms with Crippen molar-refractivity contribution >= 4 is 21.6 Å². The summed E-state index contributed by atoms with van der Waals surface area (Å²) in [5.74, 6) is -2.38. The Morgan fingerprint density at radius 3 is 2.71 bits per heavy atom. The number of hydrogen-bond acceptors (Lipinski definition) is 3. The summed E-state index contributed by atoms with van der Waals surface area (Å²) in [4.78, 5) is 10.3. The fraction of sp³-hybridized carbons (Fsp3) is 0.143. The first-order valence-corrected chi connectivity index (χ1v) is 6.69. The molecule has 0 saturated heterocycles. The van der Waals surface area contributed by atoms with Gasteiger partial charge in [-0.15, -0.1) is 0 Å². The van der Waals surface area contributed by atoms with E-state index in [-0.39, 0.29) is 18.0 Å². The van der Waals surface area contributed by atoms with Crippen molar-refractivity contribution in [3.05, 3.63) is 67.7 Å². The molecule has 0 atom stereocenters. The molecule has 0 saturated carbocycles. The second-order valence-corrected chi connectivity index (χ2v) is 5.22. The summed E-state index contributed by atoms with van der Waals surface area (Å²) in [7, 11) is 0. The normalized spacial score (nSPS) is 10.5. The molecule has 0 amide bonds. The van der Waals surface area contributed by atoms with Crippen LogP contribution in [0.3, 0.4) is 0 Å². The smallest absolute Gasteiger partial charge is 0.272 e. The summed E-state index contributed by atoms with van der Waals surface area (Å²) in [5, 5.41) is 10.8. The minimum Gasteiger partial charge on any atom is -0.486 e. The number of nitrogens with zero attached hydrogens (tertiary/aromatic N) is 1. The molecule has 0 aliphatic rings. The number of ether oxygens (including phenoxy) is 1. The first-order chi connectivity index (χ1) is 9.90. The zero-order chi connectivity index (χ0) is 15.6. The van der Waals surface area contributed by atoms with Crippen molar-refractivity contribution in [1.82, 2.24) is 0 Å². The van der Waals surface area contributed by atoms with Gasteiger partial charge in [-0.25, -0.2) is 4.39 Å². The molecular weight excluding hydrogens is 348 g/mol. The van der Waals surface area contributed by atoms with Crippen LogP contribution in [0.25, 0.3) is 0 Å². The van der Waals surface area contributed by atoms with Gasteiger partial charge in [0.25, 0.3) is 5.69 Å². The van der Waals surface area contributed by atoms with E-state index in [2.05, 4.69) is 15.9 Å². The standard InChI is InChI=1S/C14H10BrF2NO3/c1-8-9(3-2-4-12(8)18(19)20)7-21-13-6-10(15)5-11(16)14(13)17/h2-6H,7H2,1H3. The average Bonchev–Trinajstić information content (AvgIpc) is 2.42. The van der Waals surface area contributed by atoms with E-state index in [9.17, 15) is 18.9 Å². The van der Waals surface area contributed by atoms with E-state index in [1.165, 1.54) is 18.2 Å². The van der Waals surface area contributed by atoms with Crippen LogP contribution < -0.4 is 4.74 Å². The SMILES string of the molecule is Cc1c(COc2cc(Br)cc(F)c2F)cccc1[N+](=O)[O-].